The molecule has 2 heterocycles. The first kappa shape index (κ1) is 20.2. The van der Waals surface area contributed by atoms with Gasteiger partial charge in [0.2, 0.25) is 5.91 Å². The molecule has 3 aromatic carbocycles. The molecule has 1 fully saturated rings. The van der Waals surface area contributed by atoms with Crippen molar-refractivity contribution in [2.75, 3.05) is 18.4 Å². The average molecular weight is 424 g/mol. The van der Waals surface area contributed by atoms with Crippen molar-refractivity contribution >= 4 is 39.2 Å². The average Bonchev–Trinajstić information content (AvgIpc) is 2.83. The van der Waals surface area contributed by atoms with E-state index in [1.807, 2.05) is 84.6 Å². The molecule has 5 heteroatoms. The Morgan fingerprint density at radius 2 is 1.72 bits per heavy atom. The number of nitrogens with zero attached hydrogens (tertiary/aromatic N) is 2. The number of pyridine rings is 1. The third kappa shape index (κ3) is 3.82. The first-order valence-electron chi connectivity index (χ1n) is 11.0. The van der Waals surface area contributed by atoms with Crippen LogP contribution in [0.15, 0.2) is 72.8 Å². The number of aromatic nitrogens is 1. The number of fused-ring (bicyclic) bond motifs is 2. The number of hydrogen-bond donors (Lipinski definition) is 1. The highest BCUT2D eigenvalue weighted by atomic mass is 16.2. The van der Waals surface area contributed by atoms with Gasteiger partial charge < -0.3 is 10.2 Å². The van der Waals surface area contributed by atoms with Gasteiger partial charge in [-0.25, -0.2) is 0 Å². The Morgan fingerprint density at radius 3 is 2.62 bits per heavy atom. The minimum Gasteiger partial charge on any atom is -0.338 e. The summed E-state index contributed by atoms with van der Waals surface area (Å²) >= 11 is 0. The molecule has 1 aromatic heterocycles. The summed E-state index contributed by atoms with van der Waals surface area (Å²) in [6, 6.07) is 23.5. The van der Waals surface area contributed by atoms with Gasteiger partial charge in [0.1, 0.15) is 0 Å². The normalized spacial score (nSPS) is 16.3. The molecule has 32 heavy (non-hydrogen) atoms. The standard InChI is InChI=1S/C27H25N3O2/c1-18-14-15-20-9-5-13-24(25(20)28-18)29-26(31)21-10-6-16-30(17-21)27(32)23-12-4-8-19-7-2-3-11-22(19)23/h2-5,7-9,11-15,21H,6,10,16-17H2,1H3,(H,29,31). The van der Waals surface area contributed by atoms with Crippen LogP contribution in [0.5, 0.6) is 0 Å². The highest BCUT2D eigenvalue weighted by Crippen LogP contribution is 2.26. The molecule has 4 aromatic rings. The Labute approximate surface area is 187 Å². The number of carbonyl (C=O) groups is 2. The minimum atomic E-state index is -0.247. The second kappa shape index (κ2) is 8.42. The van der Waals surface area contributed by atoms with E-state index in [4.69, 9.17) is 0 Å². The van der Waals surface area contributed by atoms with Crippen molar-refractivity contribution in [1.29, 1.82) is 0 Å². The molecular formula is C27H25N3O2. The van der Waals surface area contributed by atoms with Crippen LogP contribution in [-0.2, 0) is 4.79 Å². The number of aryl methyl sites for hydroxylation is 1. The molecule has 0 radical (unpaired) electrons. The lowest BCUT2D eigenvalue weighted by Crippen LogP contribution is -2.43. The third-order valence-electron chi connectivity index (χ3n) is 6.22. The van der Waals surface area contributed by atoms with E-state index >= 15 is 0 Å². The van der Waals surface area contributed by atoms with Crippen LogP contribution >= 0.6 is 0 Å². The van der Waals surface area contributed by atoms with Gasteiger partial charge in [-0.15, -0.1) is 0 Å². The van der Waals surface area contributed by atoms with E-state index in [1.165, 1.54) is 0 Å². The molecule has 0 aliphatic carbocycles. The fourth-order valence-electron chi connectivity index (χ4n) is 4.54. The maximum atomic E-state index is 13.3. The van der Waals surface area contributed by atoms with Crippen molar-refractivity contribution in [1.82, 2.24) is 9.88 Å². The smallest absolute Gasteiger partial charge is 0.254 e. The molecule has 5 rings (SSSR count). The van der Waals surface area contributed by atoms with Crippen molar-refractivity contribution in [2.24, 2.45) is 5.92 Å². The Balaban J connectivity index is 1.35. The number of para-hydroxylation sites is 1. The summed E-state index contributed by atoms with van der Waals surface area (Å²) < 4.78 is 0. The number of benzene rings is 3. The Bertz CT molecular complexity index is 1330. The zero-order chi connectivity index (χ0) is 22.1. The number of rotatable bonds is 3. The van der Waals surface area contributed by atoms with Crippen LogP contribution in [-0.4, -0.2) is 34.8 Å². The van der Waals surface area contributed by atoms with Crippen molar-refractivity contribution in [3.8, 4) is 0 Å². The largest absolute Gasteiger partial charge is 0.338 e. The van der Waals surface area contributed by atoms with Crippen LogP contribution in [0.3, 0.4) is 0 Å². The first-order valence-corrected chi connectivity index (χ1v) is 11.0. The van der Waals surface area contributed by atoms with Gasteiger partial charge in [-0.1, -0.05) is 54.6 Å². The Hall–Kier alpha value is -3.73. The van der Waals surface area contributed by atoms with Gasteiger partial charge in [-0.2, -0.15) is 0 Å². The van der Waals surface area contributed by atoms with Crippen molar-refractivity contribution in [3.63, 3.8) is 0 Å². The van der Waals surface area contributed by atoms with Crippen LogP contribution in [0.2, 0.25) is 0 Å². The topological polar surface area (TPSA) is 62.3 Å². The quantitative estimate of drug-likeness (QED) is 0.493. The maximum Gasteiger partial charge on any atom is 0.254 e. The Morgan fingerprint density at radius 1 is 0.938 bits per heavy atom. The predicted octanol–water partition coefficient (Wildman–Crippen LogP) is 5.19. The highest BCUT2D eigenvalue weighted by Gasteiger charge is 2.29. The summed E-state index contributed by atoms with van der Waals surface area (Å²) in [5.41, 5.74) is 3.11. The molecule has 160 valence electrons. The molecule has 5 nitrogen and oxygen atoms in total. The van der Waals surface area contributed by atoms with Gasteiger partial charge in [0, 0.05) is 29.7 Å². The van der Waals surface area contributed by atoms with Gasteiger partial charge in [0.05, 0.1) is 17.1 Å². The molecule has 1 unspecified atom stereocenters. The lowest BCUT2D eigenvalue weighted by molar-refractivity contribution is -0.121. The summed E-state index contributed by atoms with van der Waals surface area (Å²) in [4.78, 5) is 32.9. The summed E-state index contributed by atoms with van der Waals surface area (Å²) in [5.74, 6) is -0.319. The molecule has 1 aliphatic rings. The molecule has 1 atom stereocenters. The first-order chi connectivity index (χ1) is 15.6. The van der Waals surface area contributed by atoms with Gasteiger partial charge in [-0.3, -0.25) is 14.6 Å². The van der Waals surface area contributed by atoms with Crippen LogP contribution in [0.25, 0.3) is 21.7 Å². The SMILES string of the molecule is Cc1ccc2cccc(NC(=O)C3CCCN(C(=O)c4cccc5ccccc45)C3)c2n1. The van der Waals surface area contributed by atoms with Gasteiger partial charge in [0.15, 0.2) is 0 Å². The number of likely N-dealkylation sites (tertiary alicyclic amines) is 1. The number of hydrogen-bond acceptors (Lipinski definition) is 3. The molecule has 0 saturated carbocycles. The Kier molecular flexibility index (Phi) is 5.31. The van der Waals surface area contributed by atoms with E-state index in [2.05, 4.69) is 10.3 Å². The fourth-order valence-corrected chi connectivity index (χ4v) is 4.54. The fraction of sp³-hybridized carbons (Fsp3) is 0.222. The molecular weight excluding hydrogens is 398 g/mol. The molecule has 0 bridgehead atoms. The van der Waals surface area contributed by atoms with E-state index in [0.29, 0.717) is 24.3 Å². The van der Waals surface area contributed by atoms with Gasteiger partial charge >= 0.3 is 0 Å². The van der Waals surface area contributed by atoms with E-state index in [1.54, 1.807) is 0 Å². The number of anilines is 1. The predicted molar refractivity (Wildman–Crippen MR) is 128 cm³/mol. The molecule has 1 aliphatic heterocycles. The van der Waals surface area contributed by atoms with Crippen LogP contribution in [0.1, 0.15) is 28.9 Å². The lowest BCUT2D eigenvalue weighted by Gasteiger charge is -2.32. The minimum absolute atomic E-state index is 0.0123. The number of piperidine rings is 1. The second-order valence-electron chi connectivity index (χ2n) is 8.44. The van der Waals surface area contributed by atoms with Crippen LogP contribution in [0.4, 0.5) is 5.69 Å². The van der Waals surface area contributed by atoms with Crippen LogP contribution < -0.4 is 5.32 Å². The maximum absolute atomic E-state index is 13.3. The van der Waals surface area contributed by atoms with Crippen molar-refractivity contribution in [2.45, 2.75) is 19.8 Å². The molecule has 0 spiro atoms. The second-order valence-corrected chi connectivity index (χ2v) is 8.44. The summed E-state index contributed by atoms with van der Waals surface area (Å²) in [6.07, 6.45) is 1.57. The number of nitrogens with one attached hydrogen (secondary N) is 1. The monoisotopic (exact) mass is 423 g/mol. The summed E-state index contributed by atoms with van der Waals surface area (Å²) in [7, 11) is 0. The van der Waals surface area contributed by atoms with Crippen molar-refractivity contribution in [3.05, 3.63) is 84.1 Å². The van der Waals surface area contributed by atoms with E-state index in [-0.39, 0.29) is 17.7 Å². The molecule has 1 saturated heterocycles. The van der Waals surface area contributed by atoms with Crippen LogP contribution in [0, 0.1) is 12.8 Å². The van der Waals surface area contributed by atoms with E-state index in [0.717, 1.165) is 40.2 Å². The van der Waals surface area contributed by atoms with E-state index in [9.17, 15) is 9.59 Å². The summed E-state index contributed by atoms with van der Waals surface area (Å²) in [5, 5.41) is 6.05. The zero-order valence-electron chi connectivity index (χ0n) is 18.0. The molecule has 2 amide bonds. The summed E-state index contributed by atoms with van der Waals surface area (Å²) in [6.45, 7) is 3.03. The number of carbonyl (C=O) groups excluding carboxylic acids is 2. The van der Waals surface area contributed by atoms with Gasteiger partial charge in [-0.05, 0) is 48.7 Å². The lowest BCUT2D eigenvalue weighted by atomic mass is 9.95. The third-order valence-corrected chi connectivity index (χ3v) is 6.22. The highest BCUT2D eigenvalue weighted by molar-refractivity contribution is 6.07. The zero-order valence-corrected chi connectivity index (χ0v) is 18.0. The van der Waals surface area contributed by atoms with Gasteiger partial charge in [0.25, 0.3) is 5.91 Å². The van der Waals surface area contributed by atoms with Crippen molar-refractivity contribution < 1.29 is 9.59 Å². The number of amides is 2. The van der Waals surface area contributed by atoms with E-state index < -0.39 is 0 Å². The molecule has 1 N–H and O–H groups in total.